The van der Waals surface area contributed by atoms with Crippen LogP contribution in [-0.2, 0) is 4.79 Å². The van der Waals surface area contributed by atoms with Gasteiger partial charge in [0, 0.05) is 0 Å². The van der Waals surface area contributed by atoms with Crippen LogP contribution in [0.25, 0.3) is 0 Å². The Morgan fingerprint density at radius 2 is 0.842 bits per heavy atom. The van der Waals surface area contributed by atoms with Gasteiger partial charge in [0.15, 0.2) is 0 Å². The highest BCUT2D eigenvalue weighted by Crippen LogP contribution is 2.63. The van der Waals surface area contributed by atoms with Crippen LogP contribution in [0.2, 0.25) is 0 Å². The van der Waals surface area contributed by atoms with Crippen molar-refractivity contribution < 1.29 is 57.5 Å². The van der Waals surface area contributed by atoms with Crippen LogP contribution < -0.4 is 0 Å². The van der Waals surface area contributed by atoms with E-state index in [4.69, 9.17) is 0 Å². The lowest BCUT2D eigenvalue weighted by Crippen LogP contribution is -2.69. The molecule has 1 nitrogen and oxygen atoms in total. The topological polar surface area (TPSA) is 17.1 Å². The fourth-order valence-electron chi connectivity index (χ4n) is 1.08. The van der Waals surface area contributed by atoms with Gasteiger partial charge in [0.05, 0.1) is 0 Å². The maximum Gasteiger partial charge on any atom is 0.455 e. The van der Waals surface area contributed by atoms with Gasteiger partial charge in [-0.25, -0.2) is 0 Å². The second-order valence-corrected chi connectivity index (χ2v) is 3.09. The first kappa shape index (κ1) is 17.8. The van der Waals surface area contributed by atoms with Gasteiger partial charge in [0.2, 0.25) is 0 Å². The fraction of sp³-hybridized carbons (Fsp3) is 0.833. The normalized spacial score (nSPS) is 15.6. The van der Waals surface area contributed by atoms with E-state index >= 15 is 0 Å². The predicted octanol–water partition coefficient (Wildman–Crippen LogP) is 3.79. The zero-order chi connectivity index (χ0) is 16.1. The third-order valence-electron chi connectivity index (χ3n) is 1.97. The summed E-state index contributed by atoms with van der Waals surface area (Å²) >= 11 is 0. The van der Waals surface area contributed by atoms with Gasteiger partial charge in [-0.2, -0.15) is 52.7 Å². The van der Waals surface area contributed by atoms with Crippen molar-refractivity contribution in [1.82, 2.24) is 0 Å². The molecule has 114 valence electrons. The van der Waals surface area contributed by atoms with Crippen molar-refractivity contribution in [1.29, 1.82) is 0 Å². The van der Waals surface area contributed by atoms with Gasteiger partial charge >= 0.3 is 35.9 Å². The lowest BCUT2D eigenvalue weighted by Gasteiger charge is -2.39. The molecule has 19 heavy (non-hydrogen) atoms. The molecule has 0 spiro atoms. The number of hydrogen-bond donors (Lipinski definition) is 0. The van der Waals surface area contributed by atoms with E-state index in [-0.39, 0.29) is 0 Å². The lowest BCUT2D eigenvalue weighted by atomic mass is 9.79. The molecule has 0 atom stereocenters. The van der Waals surface area contributed by atoms with Crippen LogP contribution in [0, 0.1) is 5.41 Å². The van der Waals surface area contributed by atoms with Crippen LogP contribution in [0.3, 0.4) is 0 Å². The van der Waals surface area contributed by atoms with Crippen molar-refractivity contribution in [2.24, 2.45) is 5.41 Å². The van der Waals surface area contributed by atoms with E-state index in [2.05, 4.69) is 0 Å². The van der Waals surface area contributed by atoms with Crippen molar-refractivity contribution in [3.05, 3.63) is 0 Å². The Labute approximate surface area is 94.7 Å². The highest BCUT2D eigenvalue weighted by atomic mass is 19.4. The Balaban J connectivity index is 6.63. The van der Waals surface area contributed by atoms with Crippen LogP contribution in [0.5, 0.6) is 0 Å². The molecule has 0 rings (SSSR count). The second kappa shape index (κ2) is 4.16. The molecule has 0 radical (unpaired) electrons. The first-order valence-corrected chi connectivity index (χ1v) is 3.72. The van der Waals surface area contributed by atoms with Crippen LogP contribution in [0.4, 0.5) is 52.7 Å². The second-order valence-electron chi connectivity index (χ2n) is 3.09. The van der Waals surface area contributed by atoms with Crippen molar-refractivity contribution in [2.75, 3.05) is 0 Å². The smallest absolute Gasteiger partial charge is 0.259 e. The number of carbonyl (C=O) groups excluding carboxylic acids is 1. The van der Waals surface area contributed by atoms with Gasteiger partial charge in [-0.3, -0.25) is 4.79 Å². The van der Waals surface area contributed by atoms with E-state index in [0.717, 1.165) is 0 Å². The maximum absolute atomic E-state index is 12.5. The average Bonchev–Trinajstić information content (AvgIpc) is 1.92. The molecule has 0 aliphatic rings. The van der Waals surface area contributed by atoms with Gasteiger partial charge in [-0.15, -0.1) is 0 Å². The first-order valence-electron chi connectivity index (χ1n) is 3.72. The van der Waals surface area contributed by atoms with Crippen LogP contribution >= 0.6 is 0 Å². The molecule has 0 aliphatic carbocycles. The summed E-state index contributed by atoms with van der Waals surface area (Å²) in [6.07, 6.45) is -22.6. The molecule has 0 saturated heterocycles. The minimum absolute atomic E-state index is 4.91. The third-order valence-corrected chi connectivity index (χ3v) is 1.97. The van der Waals surface area contributed by atoms with E-state index in [1.54, 1.807) is 0 Å². The van der Waals surface area contributed by atoms with Crippen molar-refractivity contribution >= 4 is 6.04 Å². The third kappa shape index (κ3) is 2.22. The Bertz CT molecular complexity index is 342. The fourth-order valence-corrected chi connectivity index (χ4v) is 1.08. The Hall–Kier alpha value is -1.17. The summed E-state index contributed by atoms with van der Waals surface area (Å²) < 4.78 is 144. The molecule has 0 amide bonds. The maximum atomic E-state index is 12.5. The number of hydrogen-bond acceptors (Lipinski definition) is 1. The van der Waals surface area contributed by atoms with Crippen molar-refractivity contribution in [3.63, 3.8) is 0 Å². The highest BCUT2D eigenvalue weighted by Gasteiger charge is 2.93. The number of halogens is 12. The number of alkyl halides is 11. The van der Waals surface area contributed by atoms with Crippen LogP contribution in [0.1, 0.15) is 0 Å². The van der Waals surface area contributed by atoms with Crippen molar-refractivity contribution in [2.45, 2.75) is 24.5 Å². The summed E-state index contributed by atoms with van der Waals surface area (Å²) in [6.45, 7) is 0. The van der Waals surface area contributed by atoms with Gasteiger partial charge in [0.1, 0.15) is 0 Å². The molecule has 0 aliphatic heterocycles. The van der Waals surface area contributed by atoms with Gasteiger partial charge in [-0.05, 0) is 0 Å². The minimum Gasteiger partial charge on any atom is -0.259 e. The summed E-state index contributed by atoms with van der Waals surface area (Å²) in [5.74, 6) is -7.73. The molecule has 13 heteroatoms. The molecule has 0 heterocycles. The van der Waals surface area contributed by atoms with Gasteiger partial charge in [-0.1, -0.05) is 0 Å². The minimum atomic E-state index is -7.73. The van der Waals surface area contributed by atoms with E-state index in [9.17, 15) is 57.5 Å². The summed E-state index contributed by atoms with van der Waals surface area (Å²) in [4.78, 5) is 9.77. The monoisotopic (exact) mass is 316 g/mol. The number of rotatable bonds is 2. The van der Waals surface area contributed by atoms with E-state index in [1.807, 2.05) is 0 Å². The molecule has 0 bridgehead atoms. The van der Waals surface area contributed by atoms with Crippen LogP contribution in [0.15, 0.2) is 0 Å². The number of carbonyl (C=O) groups is 1. The zero-order valence-corrected chi connectivity index (χ0v) is 7.94. The Morgan fingerprint density at radius 3 is 0.895 bits per heavy atom. The van der Waals surface area contributed by atoms with E-state index in [0.29, 0.717) is 0 Å². The molecule has 0 fully saturated rings. The average molecular weight is 316 g/mol. The summed E-state index contributed by atoms with van der Waals surface area (Å²) in [7, 11) is 0. The molecule has 0 aromatic heterocycles. The summed E-state index contributed by atoms with van der Waals surface area (Å²) in [5.41, 5.74) is -7.51. The lowest BCUT2D eigenvalue weighted by molar-refractivity contribution is -0.432. The van der Waals surface area contributed by atoms with Gasteiger partial charge < -0.3 is 0 Å². The molecule has 0 aromatic carbocycles. The van der Waals surface area contributed by atoms with E-state index < -0.39 is 35.9 Å². The SMILES string of the molecule is O=C(F)C(C(F)(F)F)(C(F)(F)F)C(F)(F)C(F)(F)F. The molecule has 0 N–H and O–H groups in total. The Kier molecular flexibility index (Phi) is 3.91. The zero-order valence-electron chi connectivity index (χ0n) is 7.94. The van der Waals surface area contributed by atoms with E-state index in [1.165, 1.54) is 0 Å². The summed E-state index contributed by atoms with van der Waals surface area (Å²) in [5, 5.41) is 0. The predicted molar refractivity (Wildman–Crippen MR) is 31.7 cm³/mol. The molecule has 0 unspecified atom stereocenters. The van der Waals surface area contributed by atoms with Crippen LogP contribution in [-0.4, -0.2) is 30.5 Å². The quantitative estimate of drug-likeness (QED) is 0.559. The van der Waals surface area contributed by atoms with Gasteiger partial charge in [0.25, 0.3) is 0 Å². The molecular formula is C6F12O. The molecular weight excluding hydrogens is 316 g/mol. The summed E-state index contributed by atoms with van der Waals surface area (Å²) in [6, 6.07) is -4.91. The standard InChI is InChI=1S/C6F12O/c7-1(19)2(4(10,11)12,5(13,14)15)3(8,9)6(16,17)18. The highest BCUT2D eigenvalue weighted by molar-refractivity contribution is 5.79. The first-order chi connectivity index (χ1) is 7.94. The molecule has 0 saturated carbocycles. The molecule has 0 aromatic rings. The van der Waals surface area contributed by atoms with Crippen molar-refractivity contribution in [3.8, 4) is 0 Å². The largest absolute Gasteiger partial charge is 0.455 e. The Morgan fingerprint density at radius 1 is 0.579 bits per heavy atom.